The van der Waals surface area contributed by atoms with Gasteiger partial charge in [-0.25, -0.2) is 4.79 Å². The molecule has 0 aliphatic carbocycles. The molecule has 7 nitrogen and oxygen atoms in total. The molecule has 1 fully saturated rings. The zero-order chi connectivity index (χ0) is 16.2. The Morgan fingerprint density at radius 1 is 1.41 bits per heavy atom. The lowest BCUT2D eigenvalue weighted by Gasteiger charge is -2.33. The maximum Gasteiger partial charge on any atom is 0.410 e. The molecule has 22 heavy (non-hydrogen) atoms. The van der Waals surface area contributed by atoms with E-state index in [0.717, 1.165) is 12.8 Å². The fourth-order valence-electron chi connectivity index (χ4n) is 2.44. The molecule has 0 saturated carbocycles. The van der Waals surface area contributed by atoms with Crippen LogP contribution in [-0.2, 0) is 9.53 Å². The molecule has 0 radical (unpaired) electrons. The van der Waals surface area contributed by atoms with Crippen LogP contribution in [0.1, 0.15) is 40.0 Å². The lowest BCUT2D eigenvalue weighted by atomic mass is 9.93. The van der Waals surface area contributed by atoms with Crippen molar-refractivity contribution in [1.29, 1.82) is 0 Å². The molecule has 2 rings (SSSR count). The molecule has 0 atom stereocenters. The van der Waals surface area contributed by atoms with Gasteiger partial charge in [-0.15, -0.1) is 0 Å². The van der Waals surface area contributed by atoms with E-state index in [2.05, 4.69) is 15.5 Å². The van der Waals surface area contributed by atoms with E-state index in [0.29, 0.717) is 31.1 Å². The van der Waals surface area contributed by atoms with Gasteiger partial charge in [-0.3, -0.25) is 9.89 Å². The monoisotopic (exact) mass is 308 g/mol. The topological polar surface area (TPSA) is 87.3 Å². The van der Waals surface area contributed by atoms with E-state index >= 15 is 0 Å². The molecule has 0 spiro atoms. The Hall–Kier alpha value is -2.05. The highest BCUT2D eigenvalue weighted by molar-refractivity contribution is 5.90. The number of carbonyl (C=O) groups excluding carboxylic acids is 2. The van der Waals surface area contributed by atoms with Gasteiger partial charge in [-0.1, -0.05) is 0 Å². The minimum Gasteiger partial charge on any atom is -0.444 e. The minimum absolute atomic E-state index is 0.0166. The first-order chi connectivity index (χ1) is 10.3. The highest BCUT2D eigenvalue weighted by Gasteiger charge is 2.27. The Bertz CT molecular complexity index is 499. The van der Waals surface area contributed by atoms with Crippen LogP contribution in [0.25, 0.3) is 0 Å². The van der Waals surface area contributed by atoms with Crippen LogP contribution in [0.5, 0.6) is 0 Å². The minimum atomic E-state index is -0.474. The van der Waals surface area contributed by atoms with E-state index in [1.807, 2.05) is 20.8 Å². The third-order valence-electron chi connectivity index (χ3n) is 3.52. The first kappa shape index (κ1) is 16.3. The van der Waals surface area contributed by atoms with Crippen LogP contribution < -0.4 is 5.32 Å². The molecule has 1 saturated heterocycles. The molecular formula is C15H24N4O3. The third-order valence-corrected chi connectivity index (χ3v) is 3.52. The quantitative estimate of drug-likeness (QED) is 0.897. The first-order valence-electron chi connectivity index (χ1n) is 7.60. The number of rotatable bonds is 3. The summed E-state index contributed by atoms with van der Waals surface area (Å²) in [6, 6.07) is 0. The summed E-state index contributed by atoms with van der Waals surface area (Å²) in [6.07, 6.45) is 5.05. The van der Waals surface area contributed by atoms with Crippen molar-refractivity contribution in [3.63, 3.8) is 0 Å². The van der Waals surface area contributed by atoms with E-state index in [4.69, 9.17) is 4.74 Å². The highest BCUT2D eigenvalue weighted by atomic mass is 16.6. The van der Waals surface area contributed by atoms with Crippen molar-refractivity contribution < 1.29 is 14.3 Å². The molecule has 2 heterocycles. The van der Waals surface area contributed by atoms with E-state index in [1.54, 1.807) is 17.3 Å². The molecule has 1 aromatic heterocycles. The first-order valence-corrected chi connectivity index (χ1v) is 7.60. The van der Waals surface area contributed by atoms with Crippen LogP contribution in [0, 0.1) is 5.92 Å². The highest BCUT2D eigenvalue weighted by Crippen LogP contribution is 2.22. The number of aromatic amines is 1. The molecule has 2 amide bonds. The normalized spacial score (nSPS) is 16.4. The largest absolute Gasteiger partial charge is 0.444 e. The summed E-state index contributed by atoms with van der Waals surface area (Å²) in [5, 5.41) is 9.23. The number of H-pyrrole nitrogens is 1. The van der Waals surface area contributed by atoms with Gasteiger partial charge >= 0.3 is 6.09 Å². The number of piperidine rings is 1. The fraction of sp³-hybridized carbons (Fsp3) is 0.667. The zero-order valence-electron chi connectivity index (χ0n) is 13.4. The summed E-state index contributed by atoms with van der Waals surface area (Å²) in [7, 11) is 0. The van der Waals surface area contributed by atoms with Gasteiger partial charge in [0.05, 0.1) is 11.9 Å². The summed E-state index contributed by atoms with van der Waals surface area (Å²) in [5.41, 5.74) is 0.203. The maximum atomic E-state index is 12.0. The second-order valence-electron chi connectivity index (χ2n) is 6.65. The number of likely N-dealkylation sites (tertiary alicyclic amines) is 1. The van der Waals surface area contributed by atoms with Gasteiger partial charge in [-0.2, -0.15) is 5.10 Å². The Morgan fingerprint density at radius 2 is 2.09 bits per heavy atom. The Balaban J connectivity index is 1.73. The van der Waals surface area contributed by atoms with Crippen LogP contribution in [0.15, 0.2) is 12.4 Å². The predicted octanol–water partition coefficient (Wildman–Crippen LogP) is 2.39. The number of amides is 2. The van der Waals surface area contributed by atoms with Crippen molar-refractivity contribution in [2.24, 2.45) is 5.92 Å². The number of hydrogen-bond acceptors (Lipinski definition) is 4. The summed E-state index contributed by atoms with van der Waals surface area (Å²) in [6.45, 7) is 6.85. The van der Waals surface area contributed by atoms with Gasteiger partial charge in [0, 0.05) is 25.7 Å². The van der Waals surface area contributed by atoms with Crippen molar-refractivity contribution in [2.45, 2.75) is 45.6 Å². The summed E-state index contributed by atoms with van der Waals surface area (Å²) >= 11 is 0. The van der Waals surface area contributed by atoms with Gasteiger partial charge in [0.25, 0.3) is 0 Å². The lowest BCUT2D eigenvalue weighted by Crippen LogP contribution is -2.42. The number of aromatic nitrogens is 2. The van der Waals surface area contributed by atoms with Gasteiger partial charge in [0.2, 0.25) is 5.91 Å². The second kappa shape index (κ2) is 6.81. The Labute approximate surface area is 130 Å². The summed E-state index contributed by atoms with van der Waals surface area (Å²) in [5.74, 6) is 0.280. The SMILES string of the molecule is CC(C)(C)OC(=O)N1CCC(CC(=O)Nc2cn[nH]c2)CC1. The number of nitrogens with zero attached hydrogens (tertiary/aromatic N) is 2. The number of hydrogen-bond donors (Lipinski definition) is 2. The molecule has 1 aliphatic rings. The second-order valence-corrected chi connectivity index (χ2v) is 6.65. The fourth-order valence-corrected chi connectivity index (χ4v) is 2.44. The molecular weight excluding hydrogens is 284 g/mol. The smallest absolute Gasteiger partial charge is 0.410 e. The van der Waals surface area contributed by atoms with Crippen molar-refractivity contribution in [3.8, 4) is 0 Å². The van der Waals surface area contributed by atoms with Crippen molar-refractivity contribution in [3.05, 3.63) is 12.4 Å². The van der Waals surface area contributed by atoms with Crippen LogP contribution >= 0.6 is 0 Å². The van der Waals surface area contributed by atoms with E-state index in [-0.39, 0.29) is 12.0 Å². The van der Waals surface area contributed by atoms with Crippen molar-refractivity contribution >= 4 is 17.7 Å². The van der Waals surface area contributed by atoms with Gasteiger partial charge < -0.3 is 15.0 Å². The predicted molar refractivity (Wildman–Crippen MR) is 82.4 cm³/mol. The van der Waals surface area contributed by atoms with E-state index < -0.39 is 5.60 Å². The molecule has 2 N–H and O–H groups in total. The third kappa shape index (κ3) is 5.05. The van der Waals surface area contributed by atoms with E-state index in [9.17, 15) is 9.59 Å². The number of ether oxygens (including phenoxy) is 1. The Morgan fingerprint density at radius 3 is 2.64 bits per heavy atom. The summed E-state index contributed by atoms with van der Waals surface area (Å²) < 4.78 is 5.36. The van der Waals surface area contributed by atoms with Crippen LogP contribution in [0.4, 0.5) is 10.5 Å². The van der Waals surface area contributed by atoms with E-state index in [1.165, 1.54) is 0 Å². The van der Waals surface area contributed by atoms with Gasteiger partial charge in [0.1, 0.15) is 5.60 Å². The molecule has 0 unspecified atom stereocenters. The lowest BCUT2D eigenvalue weighted by molar-refractivity contribution is -0.117. The maximum absolute atomic E-state index is 12.0. The summed E-state index contributed by atoms with van der Waals surface area (Å²) in [4.78, 5) is 25.6. The molecule has 7 heteroatoms. The zero-order valence-corrected chi connectivity index (χ0v) is 13.4. The van der Waals surface area contributed by atoms with Crippen molar-refractivity contribution in [1.82, 2.24) is 15.1 Å². The standard InChI is InChI=1S/C15H24N4O3/c1-15(2,3)22-14(21)19-6-4-11(5-7-19)8-13(20)18-12-9-16-17-10-12/h9-11H,4-8H2,1-3H3,(H,16,17)(H,18,20). The molecule has 0 bridgehead atoms. The average Bonchev–Trinajstić information content (AvgIpc) is 2.90. The Kier molecular flexibility index (Phi) is 5.05. The van der Waals surface area contributed by atoms with Crippen LogP contribution in [0.3, 0.4) is 0 Å². The number of nitrogens with one attached hydrogen (secondary N) is 2. The molecule has 1 aliphatic heterocycles. The van der Waals surface area contributed by atoms with Crippen LogP contribution in [0.2, 0.25) is 0 Å². The van der Waals surface area contributed by atoms with Crippen molar-refractivity contribution in [2.75, 3.05) is 18.4 Å². The number of anilines is 1. The average molecular weight is 308 g/mol. The molecule has 1 aromatic rings. The molecule has 0 aromatic carbocycles. The van der Waals surface area contributed by atoms with Gasteiger partial charge in [-0.05, 0) is 39.5 Å². The van der Waals surface area contributed by atoms with Crippen LogP contribution in [-0.4, -0.2) is 45.8 Å². The molecule has 122 valence electrons. The number of carbonyl (C=O) groups is 2. The van der Waals surface area contributed by atoms with Gasteiger partial charge in [0.15, 0.2) is 0 Å².